The number of carbonyl (C=O) groups is 2. The number of ether oxygens (including phenoxy) is 3. The topological polar surface area (TPSA) is 97.6 Å². The van der Waals surface area contributed by atoms with E-state index in [0.29, 0.717) is 22.6 Å². The van der Waals surface area contributed by atoms with Crippen LogP contribution < -0.4 is 19.5 Å². The van der Waals surface area contributed by atoms with Gasteiger partial charge in [0.2, 0.25) is 0 Å². The lowest BCUT2D eigenvalue weighted by atomic mass is 10.1. The molecule has 1 N–H and O–H groups in total. The van der Waals surface area contributed by atoms with Gasteiger partial charge in [-0.1, -0.05) is 29.8 Å². The number of nitriles is 1. The van der Waals surface area contributed by atoms with Crippen molar-refractivity contribution in [3.05, 3.63) is 88.5 Å². The maximum atomic E-state index is 12.6. The Morgan fingerprint density at radius 2 is 1.79 bits per heavy atom. The second kappa shape index (κ2) is 11.5. The van der Waals surface area contributed by atoms with Gasteiger partial charge < -0.3 is 19.5 Å². The van der Waals surface area contributed by atoms with E-state index in [2.05, 4.69) is 5.32 Å². The molecule has 0 bridgehead atoms. The predicted molar refractivity (Wildman–Crippen MR) is 129 cm³/mol. The summed E-state index contributed by atoms with van der Waals surface area (Å²) in [5.74, 6) is -0.366. The molecule has 0 heterocycles. The Kier molecular flexibility index (Phi) is 8.27. The van der Waals surface area contributed by atoms with E-state index < -0.39 is 11.9 Å². The Morgan fingerprint density at radius 3 is 2.41 bits per heavy atom. The Hall–Kier alpha value is -4.28. The molecule has 0 fully saturated rings. The Morgan fingerprint density at radius 1 is 1.09 bits per heavy atom. The van der Waals surface area contributed by atoms with Crippen molar-refractivity contribution < 1.29 is 23.8 Å². The summed E-state index contributed by atoms with van der Waals surface area (Å²) < 4.78 is 16.2. The quantitative estimate of drug-likeness (QED) is 0.199. The molecule has 8 heteroatoms. The van der Waals surface area contributed by atoms with Crippen LogP contribution in [-0.2, 0) is 4.79 Å². The van der Waals surface area contributed by atoms with Crippen molar-refractivity contribution in [2.45, 2.75) is 6.92 Å². The van der Waals surface area contributed by atoms with Gasteiger partial charge >= 0.3 is 5.97 Å². The van der Waals surface area contributed by atoms with Crippen LogP contribution in [0.5, 0.6) is 17.2 Å². The summed E-state index contributed by atoms with van der Waals surface area (Å²) in [6.07, 6.45) is 1.38. The standard InChI is InChI=1S/C26H21ClN2O5/c1-3-33-23-15-17(13-19(16-28)25(30)29-20-7-5-4-6-8-20)14-22(27)24(23)34-26(31)18-9-11-21(32-2)12-10-18/h4-15H,3H2,1-2H3,(H,29,30). The number of rotatable bonds is 8. The minimum Gasteiger partial charge on any atom is -0.497 e. The van der Waals surface area contributed by atoms with Crippen LogP contribution in [0.25, 0.3) is 6.08 Å². The molecule has 3 aromatic rings. The highest BCUT2D eigenvalue weighted by molar-refractivity contribution is 6.32. The zero-order valence-corrected chi connectivity index (χ0v) is 19.3. The third-order valence-electron chi connectivity index (χ3n) is 4.56. The minimum absolute atomic E-state index is 0.0359. The molecule has 3 rings (SSSR count). The lowest BCUT2D eigenvalue weighted by Gasteiger charge is -2.14. The number of anilines is 1. The molecule has 0 aliphatic heterocycles. The molecule has 0 atom stereocenters. The number of amides is 1. The number of nitrogens with zero attached hydrogens (tertiary/aromatic N) is 1. The molecule has 0 aromatic heterocycles. The highest BCUT2D eigenvalue weighted by Gasteiger charge is 2.18. The first kappa shape index (κ1) is 24.4. The summed E-state index contributed by atoms with van der Waals surface area (Å²) in [6.45, 7) is 2.04. The lowest BCUT2D eigenvalue weighted by molar-refractivity contribution is -0.112. The van der Waals surface area contributed by atoms with Gasteiger partial charge in [0.15, 0.2) is 11.5 Å². The number of benzene rings is 3. The van der Waals surface area contributed by atoms with Crippen molar-refractivity contribution in [2.75, 3.05) is 19.0 Å². The van der Waals surface area contributed by atoms with E-state index in [0.717, 1.165) is 0 Å². The van der Waals surface area contributed by atoms with E-state index in [1.807, 2.05) is 12.1 Å². The summed E-state index contributed by atoms with van der Waals surface area (Å²) in [7, 11) is 1.53. The summed E-state index contributed by atoms with van der Waals surface area (Å²) in [5.41, 5.74) is 1.15. The van der Waals surface area contributed by atoms with Gasteiger partial charge in [0, 0.05) is 5.69 Å². The molecule has 0 radical (unpaired) electrons. The van der Waals surface area contributed by atoms with Gasteiger partial charge in [0.05, 0.1) is 24.3 Å². The number of para-hydroxylation sites is 1. The van der Waals surface area contributed by atoms with Gasteiger partial charge in [-0.15, -0.1) is 0 Å². The average Bonchev–Trinajstić information content (AvgIpc) is 2.85. The van der Waals surface area contributed by atoms with Gasteiger partial charge in [-0.25, -0.2) is 4.79 Å². The van der Waals surface area contributed by atoms with Crippen molar-refractivity contribution in [2.24, 2.45) is 0 Å². The fourth-order valence-electron chi connectivity index (χ4n) is 2.95. The molecule has 1 amide bonds. The van der Waals surface area contributed by atoms with Crippen LogP contribution in [0.4, 0.5) is 5.69 Å². The van der Waals surface area contributed by atoms with Crippen LogP contribution in [0, 0.1) is 11.3 Å². The van der Waals surface area contributed by atoms with Gasteiger partial charge in [-0.2, -0.15) is 5.26 Å². The third-order valence-corrected chi connectivity index (χ3v) is 4.84. The number of halogens is 1. The van der Waals surface area contributed by atoms with Crippen molar-refractivity contribution >= 4 is 35.2 Å². The highest BCUT2D eigenvalue weighted by atomic mass is 35.5. The first-order valence-corrected chi connectivity index (χ1v) is 10.6. The smallest absolute Gasteiger partial charge is 0.343 e. The second-order valence-electron chi connectivity index (χ2n) is 6.87. The SMILES string of the molecule is CCOc1cc(C=C(C#N)C(=O)Nc2ccccc2)cc(Cl)c1OC(=O)c1ccc(OC)cc1. The van der Waals surface area contributed by atoms with Crippen molar-refractivity contribution in [1.82, 2.24) is 0 Å². The second-order valence-corrected chi connectivity index (χ2v) is 7.28. The van der Waals surface area contributed by atoms with E-state index in [-0.39, 0.29) is 28.7 Å². The number of esters is 1. The van der Waals surface area contributed by atoms with Crippen LogP contribution in [0.3, 0.4) is 0 Å². The van der Waals surface area contributed by atoms with E-state index >= 15 is 0 Å². The molecule has 34 heavy (non-hydrogen) atoms. The number of nitrogens with one attached hydrogen (secondary N) is 1. The summed E-state index contributed by atoms with van der Waals surface area (Å²) in [4.78, 5) is 25.1. The largest absolute Gasteiger partial charge is 0.497 e. The first-order chi connectivity index (χ1) is 16.4. The van der Waals surface area contributed by atoms with E-state index in [4.69, 9.17) is 25.8 Å². The maximum Gasteiger partial charge on any atom is 0.343 e. The van der Waals surface area contributed by atoms with Gasteiger partial charge in [0.1, 0.15) is 17.4 Å². The van der Waals surface area contributed by atoms with Gasteiger partial charge in [0.25, 0.3) is 5.91 Å². The molecule has 0 aliphatic carbocycles. The van der Waals surface area contributed by atoms with Crippen LogP contribution in [0.1, 0.15) is 22.8 Å². The van der Waals surface area contributed by atoms with Crippen molar-refractivity contribution in [3.63, 3.8) is 0 Å². The molecular formula is C26H21ClN2O5. The minimum atomic E-state index is -0.631. The Balaban J connectivity index is 1.87. The number of carbonyl (C=O) groups excluding carboxylic acids is 2. The molecule has 0 aliphatic rings. The van der Waals surface area contributed by atoms with E-state index in [1.54, 1.807) is 61.5 Å². The third kappa shape index (κ3) is 6.15. The van der Waals surface area contributed by atoms with Crippen LogP contribution in [0.2, 0.25) is 5.02 Å². The molecule has 0 spiro atoms. The van der Waals surface area contributed by atoms with Crippen LogP contribution in [0.15, 0.2) is 72.3 Å². The van der Waals surface area contributed by atoms with Gasteiger partial charge in [-0.05, 0) is 67.1 Å². The van der Waals surface area contributed by atoms with Gasteiger partial charge in [-0.3, -0.25) is 4.79 Å². The molecular weight excluding hydrogens is 456 g/mol. The number of methoxy groups -OCH3 is 1. The monoisotopic (exact) mass is 476 g/mol. The van der Waals surface area contributed by atoms with E-state index in [9.17, 15) is 14.9 Å². The Bertz CT molecular complexity index is 1250. The van der Waals surface area contributed by atoms with Crippen LogP contribution >= 0.6 is 11.6 Å². The predicted octanol–water partition coefficient (Wildman–Crippen LogP) is 5.51. The summed E-state index contributed by atoms with van der Waals surface area (Å²) in [6, 6.07) is 20.1. The molecule has 3 aromatic carbocycles. The molecule has 7 nitrogen and oxygen atoms in total. The number of hydrogen-bond acceptors (Lipinski definition) is 6. The first-order valence-electron chi connectivity index (χ1n) is 10.3. The summed E-state index contributed by atoms with van der Waals surface area (Å²) >= 11 is 6.40. The molecule has 0 saturated heterocycles. The van der Waals surface area contributed by atoms with Crippen LogP contribution in [-0.4, -0.2) is 25.6 Å². The fourth-order valence-corrected chi connectivity index (χ4v) is 3.20. The van der Waals surface area contributed by atoms with Crippen molar-refractivity contribution in [1.29, 1.82) is 5.26 Å². The lowest BCUT2D eigenvalue weighted by Crippen LogP contribution is -2.13. The fraction of sp³-hybridized carbons (Fsp3) is 0.115. The normalized spacial score (nSPS) is 10.7. The van der Waals surface area contributed by atoms with E-state index in [1.165, 1.54) is 19.3 Å². The summed E-state index contributed by atoms with van der Waals surface area (Å²) in [5, 5.41) is 12.2. The van der Waals surface area contributed by atoms with Crippen molar-refractivity contribution in [3.8, 4) is 23.3 Å². The molecule has 172 valence electrons. The average molecular weight is 477 g/mol. The zero-order valence-electron chi connectivity index (χ0n) is 18.5. The maximum absolute atomic E-state index is 12.6. The highest BCUT2D eigenvalue weighted by Crippen LogP contribution is 2.38. The zero-order chi connectivity index (χ0) is 24.5. The number of hydrogen-bond donors (Lipinski definition) is 1. The Labute approximate surface area is 202 Å². The molecule has 0 unspecified atom stereocenters. The molecule has 0 saturated carbocycles.